The predicted molar refractivity (Wildman–Crippen MR) is 84.2 cm³/mol. The molecule has 0 saturated heterocycles. The van der Waals surface area contributed by atoms with E-state index in [1.807, 2.05) is 34.6 Å². The van der Waals surface area contributed by atoms with Crippen LogP contribution in [0.2, 0.25) is 0 Å². The van der Waals surface area contributed by atoms with Crippen molar-refractivity contribution in [1.82, 2.24) is 10.6 Å². The molecule has 1 fully saturated rings. The van der Waals surface area contributed by atoms with Gasteiger partial charge in [0.05, 0.1) is 0 Å². The average molecular weight is 300 g/mol. The first-order chi connectivity index (χ1) is 9.47. The molecule has 5 nitrogen and oxygen atoms in total. The molecule has 1 unspecified atom stereocenters. The van der Waals surface area contributed by atoms with Crippen LogP contribution in [0, 0.1) is 11.3 Å². The van der Waals surface area contributed by atoms with Crippen LogP contribution < -0.4 is 10.6 Å². The predicted octanol–water partition coefficient (Wildman–Crippen LogP) is 2.29. The fraction of sp³-hybridized carbons (Fsp3) is 0.938. The van der Waals surface area contributed by atoms with E-state index in [4.69, 9.17) is 4.74 Å². The van der Waals surface area contributed by atoms with Gasteiger partial charge in [-0.05, 0) is 46.5 Å². The Morgan fingerprint density at radius 3 is 2.14 bits per heavy atom. The van der Waals surface area contributed by atoms with Crippen LogP contribution >= 0.6 is 0 Å². The van der Waals surface area contributed by atoms with Gasteiger partial charge in [0.25, 0.3) is 0 Å². The van der Waals surface area contributed by atoms with Crippen molar-refractivity contribution < 1.29 is 14.6 Å². The number of hydrogen-bond donors (Lipinski definition) is 3. The lowest BCUT2D eigenvalue weighted by Gasteiger charge is -2.35. The van der Waals surface area contributed by atoms with Crippen LogP contribution in [0.25, 0.3) is 0 Å². The molecule has 3 N–H and O–H groups in total. The van der Waals surface area contributed by atoms with Crippen molar-refractivity contribution in [2.24, 2.45) is 11.3 Å². The second-order valence-electron chi connectivity index (χ2n) is 8.22. The number of amides is 1. The summed E-state index contributed by atoms with van der Waals surface area (Å²) in [5.74, 6) is 0.571. The summed E-state index contributed by atoms with van der Waals surface area (Å²) in [6.07, 6.45) is 1.98. The van der Waals surface area contributed by atoms with Crippen molar-refractivity contribution in [1.29, 1.82) is 0 Å². The number of alkyl carbamates (subject to hydrolysis) is 1. The minimum absolute atomic E-state index is 0.139. The minimum Gasteiger partial charge on any atom is -0.444 e. The van der Waals surface area contributed by atoms with Gasteiger partial charge >= 0.3 is 6.09 Å². The molecule has 1 amide bonds. The third-order valence-corrected chi connectivity index (χ3v) is 3.88. The first kappa shape index (κ1) is 18.2. The lowest BCUT2D eigenvalue weighted by atomic mass is 9.90. The number of carbonyl (C=O) groups is 1. The summed E-state index contributed by atoms with van der Waals surface area (Å²) >= 11 is 0. The summed E-state index contributed by atoms with van der Waals surface area (Å²) in [6.45, 7) is 13.1. The van der Waals surface area contributed by atoms with Crippen molar-refractivity contribution in [3.05, 3.63) is 0 Å². The fourth-order valence-electron chi connectivity index (χ4n) is 2.14. The van der Waals surface area contributed by atoms with Gasteiger partial charge in [-0.25, -0.2) is 4.79 Å². The number of ether oxygens (including phenoxy) is 1. The van der Waals surface area contributed by atoms with Gasteiger partial charge in [0.1, 0.15) is 5.60 Å². The molecule has 5 heteroatoms. The van der Waals surface area contributed by atoms with Crippen LogP contribution in [0.4, 0.5) is 4.79 Å². The van der Waals surface area contributed by atoms with E-state index < -0.39 is 5.60 Å². The van der Waals surface area contributed by atoms with Crippen molar-refractivity contribution in [3.8, 4) is 0 Å². The maximum Gasteiger partial charge on any atom is 0.407 e. The molecule has 0 aromatic carbocycles. The molecule has 0 aromatic heterocycles. The third-order valence-electron chi connectivity index (χ3n) is 3.88. The second kappa shape index (κ2) is 6.53. The number of rotatable bonds is 7. The van der Waals surface area contributed by atoms with Gasteiger partial charge in [0.15, 0.2) is 0 Å². The van der Waals surface area contributed by atoms with Crippen molar-refractivity contribution >= 4 is 6.09 Å². The van der Waals surface area contributed by atoms with Gasteiger partial charge in [0, 0.05) is 30.7 Å². The van der Waals surface area contributed by atoms with Crippen LogP contribution in [-0.4, -0.2) is 42.0 Å². The van der Waals surface area contributed by atoms with Gasteiger partial charge in [-0.1, -0.05) is 13.8 Å². The zero-order valence-electron chi connectivity index (χ0n) is 14.4. The van der Waals surface area contributed by atoms with Gasteiger partial charge in [0.2, 0.25) is 0 Å². The molecule has 21 heavy (non-hydrogen) atoms. The minimum atomic E-state index is -0.480. The number of aliphatic hydroxyl groups is 1. The first-order valence-corrected chi connectivity index (χ1v) is 7.80. The highest BCUT2D eigenvalue weighted by Crippen LogP contribution is 2.39. The van der Waals surface area contributed by atoms with E-state index in [0.717, 1.165) is 0 Å². The van der Waals surface area contributed by atoms with Crippen molar-refractivity contribution in [3.63, 3.8) is 0 Å². The van der Waals surface area contributed by atoms with E-state index in [0.29, 0.717) is 19.0 Å². The molecule has 0 aliphatic heterocycles. The number of nitrogens with one attached hydrogen (secondary N) is 2. The lowest BCUT2D eigenvalue weighted by molar-refractivity contribution is 0.0503. The Morgan fingerprint density at radius 1 is 1.14 bits per heavy atom. The Labute approximate surface area is 128 Å². The topological polar surface area (TPSA) is 70.6 Å². The monoisotopic (exact) mass is 300 g/mol. The number of carbonyl (C=O) groups excluding carboxylic acids is 1. The second-order valence-corrected chi connectivity index (χ2v) is 8.22. The molecule has 1 aliphatic carbocycles. The van der Waals surface area contributed by atoms with Crippen LogP contribution in [0.3, 0.4) is 0 Å². The maximum absolute atomic E-state index is 11.8. The van der Waals surface area contributed by atoms with E-state index in [-0.39, 0.29) is 23.7 Å². The molecule has 1 aliphatic rings. The molecule has 0 bridgehead atoms. The Hall–Kier alpha value is -0.810. The molecule has 1 atom stereocenters. The summed E-state index contributed by atoms with van der Waals surface area (Å²) in [4.78, 5) is 11.8. The normalized spacial score (nSPS) is 19.0. The average Bonchev–Trinajstić information content (AvgIpc) is 3.16. The van der Waals surface area contributed by atoms with Gasteiger partial charge in [-0.3, -0.25) is 0 Å². The van der Waals surface area contributed by atoms with Crippen molar-refractivity contribution in [2.75, 3.05) is 19.7 Å². The summed E-state index contributed by atoms with van der Waals surface area (Å²) < 4.78 is 5.28. The molecule has 1 rings (SSSR count). The Balaban J connectivity index is 2.51. The molecule has 0 spiro atoms. The summed E-state index contributed by atoms with van der Waals surface area (Å²) in [6, 6.07) is 0. The molecule has 124 valence electrons. The summed E-state index contributed by atoms with van der Waals surface area (Å²) in [7, 11) is 0. The molecular formula is C16H32N2O3. The molecular weight excluding hydrogens is 268 g/mol. The smallest absolute Gasteiger partial charge is 0.407 e. The Morgan fingerprint density at radius 2 is 1.71 bits per heavy atom. The van der Waals surface area contributed by atoms with E-state index in [9.17, 15) is 9.90 Å². The zero-order chi connectivity index (χ0) is 16.3. The molecule has 0 radical (unpaired) electrons. The van der Waals surface area contributed by atoms with Gasteiger partial charge < -0.3 is 20.5 Å². The largest absolute Gasteiger partial charge is 0.444 e. The standard InChI is InChI=1S/C16H32N2O3/c1-14(2,3)21-13(20)17-10-16(6,12-7-8-12)18-9-15(4,5)11-19/h12,18-19H,7-11H2,1-6H3,(H,17,20). The van der Waals surface area contributed by atoms with E-state index >= 15 is 0 Å². The quantitative estimate of drug-likeness (QED) is 0.674. The van der Waals surface area contributed by atoms with Gasteiger partial charge in [-0.2, -0.15) is 0 Å². The first-order valence-electron chi connectivity index (χ1n) is 7.80. The molecule has 0 aromatic rings. The summed E-state index contributed by atoms with van der Waals surface area (Å²) in [5.41, 5.74) is -0.794. The highest BCUT2D eigenvalue weighted by Gasteiger charge is 2.42. The Bertz CT molecular complexity index is 359. The van der Waals surface area contributed by atoms with Crippen LogP contribution in [0.15, 0.2) is 0 Å². The Kier molecular flexibility index (Phi) is 5.67. The third kappa shape index (κ3) is 6.66. The van der Waals surface area contributed by atoms with E-state index in [2.05, 4.69) is 17.6 Å². The lowest BCUT2D eigenvalue weighted by Crippen LogP contribution is -2.56. The molecule has 0 heterocycles. The van der Waals surface area contributed by atoms with Crippen LogP contribution in [-0.2, 0) is 4.74 Å². The van der Waals surface area contributed by atoms with E-state index in [1.165, 1.54) is 12.8 Å². The zero-order valence-corrected chi connectivity index (χ0v) is 14.4. The van der Waals surface area contributed by atoms with Crippen molar-refractivity contribution in [2.45, 2.75) is 65.5 Å². The fourth-order valence-corrected chi connectivity index (χ4v) is 2.14. The highest BCUT2D eigenvalue weighted by molar-refractivity contribution is 5.67. The molecule has 1 saturated carbocycles. The number of hydrogen-bond acceptors (Lipinski definition) is 4. The summed E-state index contributed by atoms with van der Waals surface area (Å²) in [5, 5.41) is 15.8. The number of aliphatic hydroxyl groups excluding tert-OH is 1. The van der Waals surface area contributed by atoms with Gasteiger partial charge in [-0.15, -0.1) is 0 Å². The van der Waals surface area contributed by atoms with Crippen LogP contribution in [0.5, 0.6) is 0 Å². The van der Waals surface area contributed by atoms with E-state index in [1.54, 1.807) is 0 Å². The maximum atomic E-state index is 11.8. The highest BCUT2D eigenvalue weighted by atomic mass is 16.6. The van der Waals surface area contributed by atoms with Crippen LogP contribution in [0.1, 0.15) is 54.4 Å². The SMILES string of the molecule is CC(C)(CO)CNC(C)(CNC(=O)OC(C)(C)C)C1CC1.